The highest BCUT2D eigenvalue weighted by Gasteiger charge is 1.95. The van der Waals surface area contributed by atoms with Crippen molar-refractivity contribution in [1.29, 1.82) is 0 Å². The van der Waals surface area contributed by atoms with Crippen molar-refractivity contribution in [3.8, 4) is 0 Å². The lowest BCUT2D eigenvalue weighted by molar-refractivity contribution is -0.142. The molecule has 0 aliphatic carbocycles. The van der Waals surface area contributed by atoms with Crippen molar-refractivity contribution in [2.45, 2.75) is 27.4 Å². The van der Waals surface area contributed by atoms with E-state index >= 15 is 0 Å². The molecule has 0 saturated carbocycles. The van der Waals surface area contributed by atoms with Gasteiger partial charge in [-0.1, -0.05) is 26.0 Å². The molecule has 1 rings (SSSR count). The van der Waals surface area contributed by atoms with Gasteiger partial charge < -0.3 is 10.5 Å². The van der Waals surface area contributed by atoms with Crippen LogP contribution in [0.1, 0.15) is 26.3 Å². The van der Waals surface area contributed by atoms with Crippen LogP contribution in [0.25, 0.3) is 0 Å². The van der Waals surface area contributed by atoms with E-state index in [-0.39, 0.29) is 5.97 Å². The molecule has 0 heterocycles. The predicted octanol–water partition coefficient (Wildman–Crippen LogP) is 2.36. The highest BCUT2D eigenvalue weighted by atomic mass is 16.5. The zero-order chi connectivity index (χ0) is 11.0. The van der Waals surface area contributed by atoms with Gasteiger partial charge in [-0.05, 0) is 17.7 Å². The minimum absolute atomic E-state index is 0.280. The monoisotopic (exact) mass is 195 g/mol. The fourth-order valence-electron chi connectivity index (χ4n) is 0.868. The van der Waals surface area contributed by atoms with Crippen LogP contribution in [0.4, 0.5) is 5.69 Å². The van der Waals surface area contributed by atoms with Crippen LogP contribution in [0, 0.1) is 0 Å². The summed E-state index contributed by atoms with van der Waals surface area (Å²) in [4.78, 5) is 10.4. The minimum atomic E-state index is -0.280. The first-order valence-corrected chi connectivity index (χ1v) is 4.66. The summed E-state index contributed by atoms with van der Waals surface area (Å²) >= 11 is 0. The molecule has 0 fully saturated rings. The SMILES string of the molecule is CC.CC(=O)OCc1cccc(N)c1. The standard InChI is InChI=1S/C9H11NO2.C2H6/c1-7(11)12-6-8-3-2-4-9(10)5-8;1-2/h2-5H,6,10H2,1H3;1-2H3. The Kier molecular flexibility index (Phi) is 6.20. The lowest BCUT2D eigenvalue weighted by atomic mass is 10.2. The zero-order valence-corrected chi connectivity index (χ0v) is 8.91. The smallest absolute Gasteiger partial charge is 0.302 e. The number of esters is 1. The van der Waals surface area contributed by atoms with Crippen molar-refractivity contribution in [3.63, 3.8) is 0 Å². The fraction of sp³-hybridized carbons (Fsp3) is 0.364. The number of anilines is 1. The molecule has 0 aromatic heterocycles. The maximum atomic E-state index is 10.4. The normalized spacial score (nSPS) is 8.50. The Bertz CT molecular complexity index is 284. The summed E-state index contributed by atoms with van der Waals surface area (Å²) in [5.41, 5.74) is 7.11. The van der Waals surface area contributed by atoms with Gasteiger partial charge in [-0.25, -0.2) is 0 Å². The number of nitrogens with two attached hydrogens (primary N) is 1. The minimum Gasteiger partial charge on any atom is -0.461 e. The molecule has 0 amide bonds. The second-order valence-corrected chi connectivity index (χ2v) is 2.53. The first-order chi connectivity index (χ1) is 6.68. The lowest BCUT2D eigenvalue weighted by Gasteiger charge is -2.01. The van der Waals surface area contributed by atoms with E-state index in [1.54, 1.807) is 12.1 Å². The largest absolute Gasteiger partial charge is 0.461 e. The first-order valence-electron chi connectivity index (χ1n) is 4.66. The summed E-state index contributed by atoms with van der Waals surface area (Å²) in [7, 11) is 0. The summed E-state index contributed by atoms with van der Waals surface area (Å²) in [6, 6.07) is 7.26. The Hall–Kier alpha value is -1.51. The summed E-state index contributed by atoms with van der Waals surface area (Å²) < 4.78 is 4.79. The van der Waals surface area contributed by atoms with Gasteiger partial charge in [0, 0.05) is 12.6 Å². The van der Waals surface area contributed by atoms with Crippen molar-refractivity contribution >= 4 is 11.7 Å². The quantitative estimate of drug-likeness (QED) is 0.582. The third-order valence-electron chi connectivity index (χ3n) is 1.39. The number of carbonyl (C=O) groups is 1. The van der Waals surface area contributed by atoms with Crippen LogP contribution >= 0.6 is 0 Å². The Labute approximate surface area is 84.9 Å². The number of carbonyl (C=O) groups excluding carboxylic acids is 1. The Morgan fingerprint density at radius 1 is 1.43 bits per heavy atom. The number of hydrogen-bond acceptors (Lipinski definition) is 3. The van der Waals surface area contributed by atoms with Gasteiger partial charge in [-0.15, -0.1) is 0 Å². The molecule has 78 valence electrons. The lowest BCUT2D eigenvalue weighted by Crippen LogP contribution is -1.99. The summed E-state index contributed by atoms with van der Waals surface area (Å²) in [6.07, 6.45) is 0. The molecule has 0 saturated heterocycles. The third-order valence-corrected chi connectivity index (χ3v) is 1.39. The molecular weight excluding hydrogens is 178 g/mol. The molecule has 0 unspecified atom stereocenters. The zero-order valence-electron chi connectivity index (χ0n) is 8.91. The van der Waals surface area contributed by atoms with Gasteiger partial charge in [0.15, 0.2) is 0 Å². The van der Waals surface area contributed by atoms with Crippen molar-refractivity contribution in [2.75, 3.05) is 5.73 Å². The first kappa shape index (κ1) is 12.5. The molecule has 0 radical (unpaired) electrons. The van der Waals surface area contributed by atoms with E-state index in [1.807, 2.05) is 26.0 Å². The molecule has 3 heteroatoms. The molecule has 1 aromatic rings. The van der Waals surface area contributed by atoms with Crippen LogP contribution in [0.15, 0.2) is 24.3 Å². The Morgan fingerprint density at radius 3 is 2.57 bits per heavy atom. The van der Waals surface area contributed by atoms with E-state index in [9.17, 15) is 4.79 Å². The topological polar surface area (TPSA) is 52.3 Å². The van der Waals surface area contributed by atoms with Gasteiger partial charge >= 0.3 is 5.97 Å². The predicted molar refractivity (Wildman–Crippen MR) is 57.7 cm³/mol. The average molecular weight is 195 g/mol. The van der Waals surface area contributed by atoms with Crippen molar-refractivity contribution in [2.24, 2.45) is 0 Å². The molecule has 2 N–H and O–H groups in total. The van der Waals surface area contributed by atoms with Gasteiger partial charge in [0.05, 0.1) is 0 Å². The highest BCUT2D eigenvalue weighted by molar-refractivity contribution is 5.65. The second-order valence-electron chi connectivity index (χ2n) is 2.53. The van der Waals surface area contributed by atoms with Gasteiger partial charge in [-0.2, -0.15) is 0 Å². The molecule has 14 heavy (non-hydrogen) atoms. The molecule has 3 nitrogen and oxygen atoms in total. The molecule has 0 bridgehead atoms. The third kappa shape index (κ3) is 5.19. The van der Waals surface area contributed by atoms with E-state index in [0.29, 0.717) is 12.3 Å². The maximum absolute atomic E-state index is 10.4. The van der Waals surface area contributed by atoms with E-state index in [1.165, 1.54) is 6.92 Å². The molecule has 0 aliphatic rings. The van der Waals surface area contributed by atoms with Crippen molar-refractivity contribution in [3.05, 3.63) is 29.8 Å². The molecule has 0 atom stereocenters. The molecule has 0 spiro atoms. The van der Waals surface area contributed by atoms with Crippen LogP contribution in [0.5, 0.6) is 0 Å². The average Bonchev–Trinajstić information content (AvgIpc) is 2.18. The van der Waals surface area contributed by atoms with Gasteiger partial charge in [0.1, 0.15) is 6.61 Å². The van der Waals surface area contributed by atoms with Gasteiger partial charge in [-0.3, -0.25) is 4.79 Å². The summed E-state index contributed by atoms with van der Waals surface area (Å²) in [5, 5.41) is 0. The van der Waals surface area contributed by atoms with Crippen molar-refractivity contribution < 1.29 is 9.53 Å². The highest BCUT2D eigenvalue weighted by Crippen LogP contribution is 2.07. The maximum Gasteiger partial charge on any atom is 0.302 e. The van der Waals surface area contributed by atoms with Crippen LogP contribution in [0.3, 0.4) is 0 Å². The summed E-state index contributed by atoms with van der Waals surface area (Å²) in [5.74, 6) is -0.280. The fourth-order valence-corrected chi connectivity index (χ4v) is 0.868. The molecular formula is C11H17NO2. The van der Waals surface area contributed by atoms with E-state index in [0.717, 1.165) is 5.56 Å². The van der Waals surface area contributed by atoms with Crippen LogP contribution < -0.4 is 5.73 Å². The van der Waals surface area contributed by atoms with Gasteiger partial charge in [0.25, 0.3) is 0 Å². The van der Waals surface area contributed by atoms with E-state index < -0.39 is 0 Å². The van der Waals surface area contributed by atoms with Crippen LogP contribution in [-0.4, -0.2) is 5.97 Å². The summed E-state index contributed by atoms with van der Waals surface area (Å²) in [6.45, 7) is 5.67. The number of hydrogen-bond donors (Lipinski definition) is 1. The second kappa shape index (κ2) is 6.95. The van der Waals surface area contributed by atoms with E-state index in [4.69, 9.17) is 10.5 Å². The van der Waals surface area contributed by atoms with E-state index in [2.05, 4.69) is 0 Å². The van der Waals surface area contributed by atoms with Crippen LogP contribution in [0.2, 0.25) is 0 Å². The number of rotatable bonds is 2. The number of ether oxygens (including phenoxy) is 1. The number of nitrogen functional groups attached to an aromatic ring is 1. The Morgan fingerprint density at radius 2 is 2.07 bits per heavy atom. The number of benzene rings is 1. The van der Waals surface area contributed by atoms with Crippen molar-refractivity contribution in [1.82, 2.24) is 0 Å². The molecule has 1 aromatic carbocycles. The Balaban J connectivity index is 0.000000791. The van der Waals surface area contributed by atoms with Gasteiger partial charge in [0.2, 0.25) is 0 Å². The molecule has 0 aliphatic heterocycles. The van der Waals surface area contributed by atoms with Crippen LogP contribution in [-0.2, 0) is 16.1 Å².